The van der Waals surface area contributed by atoms with Crippen LogP contribution < -0.4 is 5.84 Å². The van der Waals surface area contributed by atoms with Crippen molar-refractivity contribution in [3.05, 3.63) is 35.4 Å². The zero-order valence-electron chi connectivity index (χ0n) is 9.57. The summed E-state index contributed by atoms with van der Waals surface area (Å²) < 4.78 is 37.8. The summed E-state index contributed by atoms with van der Waals surface area (Å²) in [5, 5.41) is 1.04. The number of benzene rings is 1. The lowest BCUT2D eigenvalue weighted by atomic mass is 9.95. The number of halogens is 3. The van der Waals surface area contributed by atoms with E-state index in [-0.39, 0.29) is 5.91 Å². The highest BCUT2D eigenvalue weighted by Gasteiger charge is 2.32. The Bertz CT molecular complexity index is 459. The molecule has 1 fully saturated rings. The Labute approximate surface area is 102 Å². The van der Waals surface area contributed by atoms with E-state index in [1.54, 1.807) is 6.07 Å². The maximum absolute atomic E-state index is 12.6. The Morgan fingerprint density at radius 3 is 2.72 bits per heavy atom. The summed E-state index contributed by atoms with van der Waals surface area (Å²) in [5.74, 6) is 5.38. The van der Waals surface area contributed by atoms with Crippen LogP contribution in [0.25, 0.3) is 0 Å². The SMILES string of the molecule is NN1C(=O)CCCC1c1cccc(C(F)(F)F)c1. The van der Waals surface area contributed by atoms with Crippen molar-refractivity contribution in [3.8, 4) is 0 Å². The molecule has 0 bridgehead atoms. The van der Waals surface area contributed by atoms with Gasteiger partial charge >= 0.3 is 6.18 Å². The molecule has 6 heteroatoms. The van der Waals surface area contributed by atoms with Gasteiger partial charge in [0.2, 0.25) is 5.91 Å². The van der Waals surface area contributed by atoms with Gasteiger partial charge in [0.15, 0.2) is 0 Å². The predicted octanol–water partition coefficient (Wildman–Crippen LogP) is 2.63. The molecule has 1 aromatic carbocycles. The minimum Gasteiger partial charge on any atom is -0.273 e. The number of nitrogens with zero attached hydrogens (tertiary/aromatic N) is 1. The Balaban J connectivity index is 2.31. The first kappa shape index (κ1) is 12.9. The Hall–Kier alpha value is -1.56. The lowest BCUT2D eigenvalue weighted by molar-refractivity contribution is -0.137. The number of nitrogens with two attached hydrogens (primary N) is 1. The minimum atomic E-state index is -4.38. The third kappa shape index (κ3) is 2.48. The molecule has 1 aliphatic heterocycles. The van der Waals surface area contributed by atoms with Gasteiger partial charge in [0.05, 0.1) is 11.6 Å². The number of hydrazine groups is 1. The van der Waals surface area contributed by atoms with E-state index in [1.807, 2.05) is 0 Å². The lowest BCUT2D eigenvalue weighted by Gasteiger charge is -2.32. The molecule has 18 heavy (non-hydrogen) atoms. The molecule has 1 heterocycles. The minimum absolute atomic E-state index is 0.233. The number of carbonyl (C=O) groups is 1. The van der Waals surface area contributed by atoms with Crippen molar-refractivity contribution in [3.63, 3.8) is 0 Å². The van der Waals surface area contributed by atoms with E-state index in [9.17, 15) is 18.0 Å². The monoisotopic (exact) mass is 258 g/mol. The molecule has 1 saturated heterocycles. The first-order valence-corrected chi connectivity index (χ1v) is 5.63. The standard InChI is InChI=1S/C12H13F3N2O/c13-12(14,15)9-4-1-3-8(7-9)10-5-2-6-11(18)17(10)16/h1,3-4,7,10H,2,5-6,16H2. The van der Waals surface area contributed by atoms with Gasteiger partial charge in [-0.15, -0.1) is 0 Å². The summed E-state index contributed by atoms with van der Waals surface area (Å²) in [6.07, 6.45) is -2.79. The molecule has 0 spiro atoms. The Morgan fingerprint density at radius 2 is 2.06 bits per heavy atom. The molecule has 1 aromatic rings. The van der Waals surface area contributed by atoms with Crippen LogP contribution >= 0.6 is 0 Å². The highest BCUT2D eigenvalue weighted by Crippen LogP contribution is 2.34. The number of hydrogen-bond donors (Lipinski definition) is 1. The number of amides is 1. The normalized spacial score (nSPS) is 21.2. The second-order valence-electron chi connectivity index (χ2n) is 4.33. The maximum Gasteiger partial charge on any atom is 0.416 e. The van der Waals surface area contributed by atoms with Crippen LogP contribution in [0.3, 0.4) is 0 Å². The summed E-state index contributed by atoms with van der Waals surface area (Å²) in [7, 11) is 0. The molecule has 0 aromatic heterocycles. The first-order chi connectivity index (χ1) is 8.39. The van der Waals surface area contributed by atoms with E-state index in [4.69, 9.17) is 5.84 Å². The van der Waals surface area contributed by atoms with Crippen molar-refractivity contribution in [1.29, 1.82) is 0 Å². The van der Waals surface area contributed by atoms with Gasteiger partial charge in [0, 0.05) is 6.42 Å². The van der Waals surface area contributed by atoms with Crippen LogP contribution in [0.15, 0.2) is 24.3 Å². The van der Waals surface area contributed by atoms with Gasteiger partial charge in [0.1, 0.15) is 0 Å². The highest BCUT2D eigenvalue weighted by atomic mass is 19.4. The Kier molecular flexibility index (Phi) is 3.30. The van der Waals surface area contributed by atoms with Crippen molar-refractivity contribution in [2.24, 2.45) is 5.84 Å². The van der Waals surface area contributed by atoms with Crippen molar-refractivity contribution in [2.45, 2.75) is 31.5 Å². The van der Waals surface area contributed by atoms with Crippen LogP contribution in [0.2, 0.25) is 0 Å². The molecule has 98 valence electrons. The molecule has 2 N–H and O–H groups in total. The van der Waals surface area contributed by atoms with Gasteiger partial charge < -0.3 is 0 Å². The number of carbonyl (C=O) groups excluding carboxylic acids is 1. The molecular formula is C12H13F3N2O. The molecule has 1 amide bonds. The number of piperidine rings is 1. The van der Waals surface area contributed by atoms with E-state index in [0.717, 1.165) is 17.1 Å². The van der Waals surface area contributed by atoms with Crippen LogP contribution in [-0.4, -0.2) is 10.9 Å². The fourth-order valence-electron chi connectivity index (χ4n) is 2.14. The summed E-state index contributed by atoms with van der Waals surface area (Å²) in [5.41, 5.74) is -0.285. The largest absolute Gasteiger partial charge is 0.416 e. The summed E-state index contributed by atoms with van der Waals surface area (Å²) in [4.78, 5) is 11.4. The van der Waals surface area contributed by atoms with Gasteiger partial charge in [0.25, 0.3) is 0 Å². The third-order valence-corrected chi connectivity index (χ3v) is 3.09. The average molecular weight is 258 g/mol. The summed E-state index contributed by atoms with van der Waals surface area (Å²) >= 11 is 0. The molecular weight excluding hydrogens is 245 g/mol. The molecule has 1 atom stereocenters. The van der Waals surface area contributed by atoms with Crippen molar-refractivity contribution < 1.29 is 18.0 Å². The molecule has 1 unspecified atom stereocenters. The number of alkyl halides is 3. The van der Waals surface area contributed by atoms with Crippen molar-refractivity contribution in [1.82, 2.24) is 5.01 Å². The second-order valence-corrected chi connectivity index (χ2v) is 4.33. The van der Waals surface area contributed by atoms with E-state index < -0.39 is 17.8 Å². The van der Waals surface area contributed by atoms with Crippen LogP contribution in [-0.2, 0) is 11.0 Å². The van der Waals surface area contributed by atoms with Gasteiger partial charge in [-0.1, -0.05) is 12.1 Å². The molecule has 2 rings (SSSR count). The third-order valence-electron chi connectivity index (χ3n) is 3.09. The number of hydrogen-bond acceptors (Lipinski definition) is 2. The molecule has 1 aliphatic rings. The smallest absolute Gasteiger partial charge is 0.273 e. The number of rotatable bonds is 1. The zero-order chi connectivity index (χ0) is 13.3. The molecule has 0 radical (unpaired) electrons. The van der Waals surface area contributed by atoms with Crippen LogP contribution in [0.5, 0.6) is 0 Å². The summed E-state index contributed by atoms with van der Waals surface area (Å²) in [6, 6.07) is 4.51. The molecule has 3 nitrogen and oxygen atoms in total. The van der Waals surface area contributed by atoms with Gasteiger partial charge in [-0.25, -0.2) is 5.84 Å². The summed E-state index contributed by atoms with van der Waals surface area (Å²) in [6.45, 7) is 0. The van der Waals surface area contributed by atoms with E-state index >= 15 is 0 Å². The maximum atomic E-state index is 12.6. The second kappa shape index (κ2) is 4.61. The first-order valence-electron chi connectivity index (χ1n) is 5.63. The fraction of sp³-hybridized carbons (Fsp3) is 0.417. The van der Waals surface area contributed by atoms with Crippen molar-refractivity contribution >= 4 is 5.91 Å². The highest BCUT2D eigenvalue weighted by molar-refractivity contribution is 5.76. The van der Waals surface area contributed by atoms with Crippen LogP contribution in [0, 0.1) is 0 Å². The van der Waals surface area contributed by atoms with Crippen LogP contribution in [0.1, 0.15) is 36.4 Å². The van der Waals surface area contributed by atoms with Gasteiger partial charge in [-0.05, 0) is 30.5 Å². The van der Waals surface area contributed by atoms with Gasteiger partial charge in [-0.3, -0.25) is 9.80 Å². The fourth-order valence-corrected chi connectivity index (χ4v) is 2.14. The topological polar surface area (TPSA) is 46.3 Å². The predicted molar refractivity (Wildman–Crippen MR) is 59.1 cm³/mol. The Morgan fingerprint density at radius 1 is 1.33 bits per heavy atom. The zero-order valence-corrected chi connectivity index (χ0v) is 9.57. The van der Waals surface area contributed by atoms with Gasteiger partial charge in [-0.2, -0.15) is 13.2 Å². The molecule has 0 aliphatic carbocycles. The molecule has 0 saturated carbocycles. The van der Waals surface area contributed by atoms with Crippen molar-refractivity contribution in [2.75, 3.05) is 0 Å². The average Bonchev–Trinajstić information content (AvgIpc) is 2.32. The van der Waals surface area contributed by atoms with E-state index in [2.05, 4.69) is 0 Å². The quantitative estimate of drug-likeness (QED) is 0.621. The van der Waals surface area contributed by atoms with Crippen LogP contribution in [0.4, 0.5) is 13.2 Å². The van der Waals surface area contributed by atoms with E-state index in [0.29, 0.717) is 24.8 Å². The van der Waals surface area contributed by atoms with E-state index in [1.165, 1.54) is 6.07 Å². The lowest BCUT2D eigenvalue weighted by Crippen LogP contribution is -2.43.